The van der Waals surface area contributed by atoms with Gasteiger partial charge in [-0.3, -0.25) is 5.32 Å². The molecule has 2 aromatic heterocycles. The van der Waals surface area contributed by atoms with Crippen molar-refractivity contribution >= 4 is 22.7 Å². The smallest absolute Gasteiger partial charge is 0.326 e. The average molecular weight is 440 g/mol. The van der Waals surface area contributed by atoms with E-state index in [-0.39, 0.29) is 5.75 Å². The summed E-state index contributed by atoms with van der Waals surface area (Å²) in [6, 6.07) is 5.27. The number of hydrogen-bond acceptors (Lipinski definition) is 7. The van der Waals surface area contributed by atoms with Crippen molar-refractivity contribution in [2.75, 3.05) is 39.3 Å². The van der Waals surface area contributed by atoms with E-state index >= 15 is 4.39 Å². The van der Waals surface area contributed by atoms with Crippen molar-refractivity contribution in [1.29, 1.82) is 0 Å². The molecule has 1 atom stereocenters. The van der Waals surface area contributed by atoms with Gasteiger partial charge in [0.15, 0.2) is 17.4 Å². The largest absolute Gasteiger partial charge is 0.497 e. The van der Waals surface area contributed by atoms with Crippen LogP contribution in [-0.4, -0.2) is 55.0 Å². The molecule has 2 aliphatic rings. The molecule has 3 aromatic rings. The first-order valence-electron chi connectivity index (χ1n) is 10.9. The van der Waals surface area contributed by atoms with Crippen molar-refractivity contribution in [3.63, 3.8) is 0 Å². The molecule has 8 nitrogen and oxygen atoms in total. The molecule has 1 saturated heterocycles. The standard InChI is InChI=1S/C23H26FN5O3/c1-30-16-8-17(20(24)19(9-16)31-2)18-7-14-11-26-23(27-15-5-6-32-12-15)29-21(14)22(28-18)25-10-13-3-4-13/h7-9,11,13,15H,3-6,10,12H2,1-2H3,(H,25,28)(H,26,27,29)/p+1. The summed E-state index contributed by atoms with van der Waals surface area (Å²) in [5.41, 5.74) is 1.50. The van der Waals surface area contributed by atoms with Crippen LogP contribution in [-0.2, 0) is 4.74 Å². The lowest BCUT2D eigenvalue weighted by molar-refractivity contribution is -0.615. The zero-order chi connectivity index (χ0) is 22.1. The van der Waals surface area contributed by atoms with Crippen LogP contribution in [0.15, 0.2) is 24.4 Å². The number of ether oxygens (including phenoxy) is 3. The van der Waals surface area contributed by atoms with E-state index in [1.807, 2.05) is 0 Å². The Hall–Kier alpha value is -3.04. The SMILES string of the molecule is COc1cc(OC)c(F)c(-c2cc3cnc([NH2+]C4CCOC4)nc3c(NCC3CC3)n2)c1. The van der Waals surface area contributed by atoms with E-state index < -0.39 is 5.82 Å². The summed E-state index contributed by atoms with van der Waals surface area (Å²) >= 11 is 0. The highest BCUT2D eigenvalue weighted by molar-refractivity contribution is 5.91. The van der Waals surface area contributed by atoms with Gasteiger partial charge in [0.1, 0.15) is 17.3 Å². The van der Waals surface area contributed by atoms with Gasteiger partial charge in [0.25, 0.3) is 0 Å². The number of nitrogens with one attached hydrogen (secondary N) is 1. The summed E-state index contributed by atoms with van der Waals surface area (Å²) in [6.45, 7) is 2.28. The molecule has 1 saturated carbocycles. The minimum atomic E-state index is -0.486. The summed E-state index contributed by atoms with van der Waals surface area (Å²) in [4.78, 5) is 14.1. The highest BCUT2D eigenvalue weighted by Crippen LogP contribution is 2.36. The predicted octanol–water partition coefficient (Wildman–Crippen LogP) is 2.65. The number of fused-ring (bicyclic) bond motifs is 1. The molecule has 9 heteroatoms. The van der Waals surface area contributed by atoms with Crippen LogP contribution >= 0.6 is 0 Å². The van der Waals surface area contributed by atoms with E-state index in [1.54, 1.807) is 18.3 Å². The molecular weight excluding hydrogens is 413 g/mol. The highest BCUT2D eigenvalue weighted by atomic mass is 19.1. The Labute approximate surface area is 185 Å². The number of anilines is 1. The normalized spacial score (nSPS) is 18.2. The molecular formula is C23H27FN5O3+. The number of pyridine rings is 1. The molecule has 3 N–H and O–H groups in total. The number of aromatic nitrogens is 3. The third-order valence-electron chi connectivity index (χ3n) is 5.93. The predicted molar refractivity (Wildman–Crippen MR) is 118 cm³/mol. The Morgan fingerprint density at radius 1 is 1.16 bits per heavy atom. The topological polar surface area (TPSA) is 95.0 Å². The molecule has 1 unspecified atom stereocenters. The van der Waals surface area contributed by atoms with Crippen LogP contribution in [0.3, 0.4) is 0 Å². The summed E-state index contributed by atoms with van der Waals surface area (Å²) in [5, 5.41) is 6.27. The Morgan fingerprint density at radius 3 is 2.75 bits per heavy atom. The van der Waals surface area contributed by atoms with Gasteiger partial charge in [-0.25, -0.2) is 9.37 Å². The molecule has 3 heterocycles. The number of nitrogens with zero attached hydrogens (tertiary/aromatic N) is 3. The maximum atomic E-state index is 15.1. The zero-order valence-corrected chi connectivity index (χ0v) is 18.2. The Balaban J connectivity index is 1.58. The highest BCUT2D eigenvalue weighted by Gasteiger charge is 2.24. The van der Waals surface area contributed by atoms with Gasteiger partial charge in [-0.15, -0.1) is 0 Å². The number of hydrogen-bond donors (Lipinski definition) is 2. The molecule has 1 aliphatic carbocycles. The summed E-state index contributed by atoms with van der Waals surface area (Å²) < 4.78 is 31.1. The maximum Gasteiger partial charge on any atom is 0.326 e. The Kier molecular flexibility index (Phi) is 5.75. The van der Waals surface area contributed by atoms with Crippen molar-refractivity contribution in [1.82, 2.24) is 15.0 Å². The molecule has 5 rings (SSSR count). The van der Waals surface area contributed by atoms with Crippen molar-refractivity contribution in [3.8, 4) is 22.8 Å². The van der Waals surface area contributed by atoms with Crippen LogP contribution in [0.25, 0.3) is 22.2 Å². The molecule has 2 fully saturated rings. The molecule has 168 valence electrons. The van der Waals surface area contributed by atoms with Gasteiger partial charge in [-0.1, -0.05) is 0 Å². The van der Waals surface area contributed by atoms with E-state index in [0.717, 1.165) is 30.5 Å². The van der Waals surface area contributed by atoms with Gasteiger partial charge in [0.05, 0.1) is 33.1 Å². The van der Waals surface area contributed by atoms with Crippen LogP contribution in [0.5, 0.6) is 11.5 Å². The summed E-state index contributed by atoms with van der Waals surface area (Å²) in [5.74, 6) is 2.05. The van der Waals surface area contributed by atoms with Crippen LogP contribution in [0, 0.1) is 11.7 Å². The lowest BCUT2D eigenvalue weighted by Crippen LogP contribution is -2.85. The fourth-order valence-corrected chi connectivity index (χ4v) is 3.88. The number of quaternary nitrogens is 1. The second-order valence-electron chi connectivity index (χ2n) is 8.33. The third-order valence-corrected chi connectivity index (χ3v) is 5.93. The van der Waals surface area contributed by atoms with E-state index in [0.29, 0.717) is 47.3 Å². The minimum Gasteiger partial charge on any atom is -0.497 e. The average Bonchev–Trinajstić information content (AvgIpc) is 3.51. The second-order valence-corrected chi connectivity index (χ2v) is 8.33. The maximum absolute atomic E-state index is 15.1. The van der Waals surface area contributed by atoms with E-state index in [9.17, 15) is 0 Å². The summed E-state index contributed by atoms with van der Waals surface area (Å²) in [6.07, 6.45) is 5.17. The molecule has 32 heavy (non-hydrogen) atoms. The third kappa shape index (κ3) is 4.31. The first-order valence-corrected chi connectivity index (χ1v) is 10.9. The van der Waals surface area contributed by atoms with Crippen molar-refractivity contribution < 1.29 is 23.9 Å². The molecule has 1 aliphatic heterocycles. The Morgan fingerprint density at radius 2 is 2.03 bits per heavy atom. The van der Waals surface area contributed by atoms with Crippen LogP contribution < -0.4 is 20.1 Å². The zero-order valence-electron chi connectivity index (χ0n) is 18.2. The number of methoxy groups -OCH3 is 2. The van der Waals surface area contributed by atoms with Crippen LogP contribution in [0.2, 0.25) is 0 Å². The van der Waals surface area contributed by atoms with Gasteiger partial charge in [-0.05, 0) is 30.9 Å². The van der Waals surface area contributed by atoms with E-state index in [4.69, 9.17) is 24.2 Å². The number of halogens is 1. The second kappa shape index (κ2) is 8.84. The van der Waals surface area contributed by atoms with Crippen LogP contribution in [0.4, 0.5) is 16.2 Å². The van der Waals surface area contributed by atoms with E-state index in [1.165, 1.54) is 33.1 Å². The molecule has 1 aromatic carbocycles. The number of nitrogens with two attached hydrogens (primary N) is 1. The van der Waals surface area contributed by atoms with Crippen molar-refractivity contribution in [3.05, 3.63) is 30.2 Å². The van der Waals surface area contributed by atoms with E-state index in [2.05, 4.69) is 15.6 Å². The first kappa shape index (κ1) is 20.8. The fourth-order valence-electron chi connectivity index (χ4n) is 3.88. The first-order chi connectivity index (χ1) is 15.6. The fraction of sp³-hybridized carbons (Fsp3) is 0.435. The molecule has 0 radical (unpaired) electrons. The van der Waals surface area contributed by atoms with Gasteiger partial charge in [-0.2, -0.15) is 9.97 Å². The molecule has 0 spiro atoms. The Bertz CT molecular complexity index is 1130. The van der Waals surface area contributed by atoms with Crippen molar-refractivity contribution in [2.24, 2.45) is 5.92 Å². The summed E-state index contributed by atoms with van der Waals surface area (Å²) in [7, 11) is 2.97. The molecule has 0 bridgehead atoms. The van der Waals surface area contributed by atoms with Crippen molar-refractivity contribution in [2.45, 2.75) is 25.3 Å². The monoisotopic (exact) mass is 440 g/mol. The quantitative estimate of drug-likeness (QED) is 0.556. The minimum absolute atomic E-state index is 0.105. The van der Waals surface area contributed by atoms with Gasteiger partial charge < -0.3 is 19.5 Å². The van der Waals surface area contributed by atoms with Gasteiger partial charge in [0.2, 0.25) is 0 Å². The lowest BCUT2D eigenvalue weighted by Gasteiger charge is -2.14. The number of rotatable bonds is 8. The van der Waals surface area contributed by atoms with Crippen LogP contribution in [0.1, 0.15) is 19.3 Å². The van der Waals surface area contributed by atoms with Gasteiger partial charge in [0, 0.05) is 36.2 Å². The lowest BCUT2D eigenvalue weighted by atomic mass is 10.1. The molecule has 0 amide bonds. The van der Waals surface area contributed by atoms with Gasteiger partial charge >= 0.3 is 5.95 Å². The number of benzene rings is 1.